The summed E-state index contributed by atoms with van der Waals surface area (Å²) >= 11 is 5.58. The molecule has 0 spiro atoms. The van der Waals surface area contributed by atoms with E-state index in [0.29, 0.717) is 5.41 Å². The Hall–Kier alpha value is 0.140. The maximum Gasteiger partial charge on any atom is 0.0314 e. The maximum absolute atomic E-state index is 3.71. The van der Waals surface area contributed by atoms with E-state index in [1.807, 2.05) is 11.3 Å². The van der Waals surface area contributed by atoms with Crippen LogP contribution in [0.3, 0.4) is 0 Å². The molecular formula is C16H24BrNS. The van der Waals surface area contributed by atoms with Crippen molar-refractivity contribution in [3.8, 4) is 0 Å². The van der Waals surface area contributed by atoms with E-state index in [-0.39, 0.29) is 0 Å². The van der Waals surface area contributed by atoms with Crippen LogP contribution in [0.2, 0.25) is 0 Å². The number of rotatable bonds is 7. The summed E-state index contributed by atoms with van der Waals surface area (Å²) < 4.78 is 1.32. The largest absolute Gasteiger partial charge is 0.314 e. The van der Waals surface area contributed by atoms with Crippen LogP contribution in [-0.4, -0.2) is 12.6 Å². The van der Waals surface area contributed by atoms with Gasteiger partial charge in [-0.2, -0.15) is 0 Å². The SMILES string of the molecule is Brc1ccsc1CCC1(CCNC2CC2)CCCC1. The highest BCUT2D eigenvalue weighted by atomic mass is 79.9. The summed E-state index contributed by atoms with van der Waals surface area (Å²) in [6, 6.07) is 3.06. The molecule has 19 heavy (non-hydrogen) atoms. The van der Waals surface area contributed by atoms with Gasteiger partial charge in [-0.3, -0.25) is 0 Å². The Labute approximate surface area is 129 Å². The van der Waals surface area contributed by atoms with Crippen LogP contribution in [0.25, 0.3) is 0 Å². The zero-order valence-electron chi connectivity index (χ0n) is 11.6. The van der Waals surface area contributed by atoms with Gasteiger partial charge < -0.3 is 5.32 Å². The fourth-order valence-corrected chi connectivity index (χ4v) is 5.02. The van der Waals surface area contributed by atoms with Crippen molar-refractivity contribution in [3.63, 3.8) is 0 Å². The molecule has 1 aromatic heterocycles. The highest BCUT2D eigenvalue weighted by Gasteiger charge is 2.33. The molecule has 106 valence electrons. The lowest BCUT2D eigenvalue weighted by molar-refractivity contribution is 0.245. The second kappa shape index (κ2) is 6.28. The summed E-state index contributed by atoms with van der Waals surface area (Å²) in [5.74, 6) is 0. The number of halogens is 1. The monoisotopic (exact) mass is 341 g/mol. The first-order chi connectivity index (χ1) is 9.27. The fraction of sp³-hybridized carbons (Fsp3) is 0.750. The fourth-order valence-electron chi connectivity index (χ4n) is 3.46. The van der Waals surface area contributed by atoms with E-state index in [1.165, 1.54) is 68.8 Å². The Morgan fingerprint density at radius 3 is 2.68 bits per heavy atom. The van der Waals surface area contributed by atoms with Gasteiger partial charge in [-0.05, 0) is 84.3 Å². The number of aryl methyl sites for hydroxylation is 1. The summed E-state index contributed by atoms with van der Waals surface area (Å²) in [4.78, 5) is 1.54. The summed E-state index contributed by atoms with van der Waals surface area (Å²) in [6.07, 6.45) is 12.7. The first-order valence-electron chi connectivity index (χ1n) is 7.73. The van der Waals surface area contributed by atoms with Gasteiger partial charge in [0.2, 0.25) is 0 Å². The first-order valence-corrected chi connectivity index (χ1v) is 9.40. The number of hydrogen-bond acceptors (Lipinski definition) is 2. The molecule has 2 aliphatic rings. The first kappa shape index (κ1) is 14.1. The zero-order chi connectivity index (χ0) is 13.1. The maximum atomic E-state index is 3.71. The molecule has 3 heteroatoms. The van der Waals surface area contributed by atoms with Gasteiger partial charge >= 0.3 is 0 Å². The quantitative estimate of drug-likeness (QED) is 0.723. The minimum Gasteiger partial charge on any atom is -0.314 e. The van der Waals surface area contributed by atoms with Crippen molar-refractivity contribution < 1.29 is 0 Å². The van der Waals surface area contributed by atoms with Crippen molar-refractivity contribution in [3.05, 3.63) is 20.8 Å². The highest BCUT2D eigenvalue weighted by Crippen LogP contribution is 2.45. The summed E-state index contributed by atoms with van der Waals surface area (Å²) in [7, 11) is 0. The van der Waals surface area contributed by atoms with Gasteiger partial charge in [0.25, 0.3) is 0 Å². The molecule has 1 aromatic rings. The smallest absolute Gasteiger partial charge is 0.0314 e. The van der Waals surface area contributed by atoms with Crippen LogP contribution in [0.5, 0.6) is 0 Å². The lowest BCUT2D eigenvalue weighted by Gasteiger charge is -2.29. The van der Waals surface area contributed by atoms with Crippen LogP contribution >= 0.6 is 27.3 Å². The third-order valence-corrected chi connectivity index (χ3v) is 6.89. The summed E-state index contributed by atoms with van der Waals surface area (Å²) in [5, 5.41) is 5.91. The molecule has 1 heterocycles. The molecule has 0 radical (unpaired) electrons. The Balaban J connectivity index is 1.52. The molecule has 3 rings (SSSR count). The predicted molar refractivity (Wildman–Crippen MR) is 86.9 cm³/mol. The number of hydrogen-bond donors (Lipinski definition) is 1. The van der Waals surface area contributed by atoms with Crippen LogP contribution in [0.1, 0.15) is 56.2 Å². The molecule has 0 unspecified atom stereocenters. The summed E-state index contributed by atoms with van der Waals surface area (Å²) in [5.41, 5.74) is 0.644. The van der Waals surface area contributed by atoms with Crippen molar-refractivity contribution >= 4 is 27.3 Å². The van der Waals surface area contributed by atoms with E-state index in [9.17, 15) is 0 Å². The normalized spacial score (nSPS) is 21.9. The van der Waals surface area contributed by atoms with Gasteiger partial charge in [0, 0.05) is 15.4 Å². The number of thiophene rings is 1. The van der Waals surface area contributed by atoms with Crippen LogP contribution in [0, 0.1) is 5.41 Å². The second-order valence-corrected chi connectivity index (χ2v) is 8.23. The standard InChI is InChI=1S/C16H24BrNS/c17-14-6-12-19-15(14)5-9-16(7-1-2-8-16)10-11-18-13-3-4-13/h6,12-13,18H,1-5,7-11H2. The van der Waals surface area contributed by atoms with Crippen molar-refractivity contribution in [2.24, 2.45) is 5.41 Å². The van der Waals surface area contributed by atoms with Gasteiger partial charge in [-0.15, -0.1) is 11.3 Å². The van der Waals surface area contributed by atoms with E-state index in [4.69, 9.17) is 0 Å². The lowest BCUT2D eigenvalue weighted by atomic mass is 9.78. The van der Waals surface area contributed by atoms with Crippen LogP contribution in [0.4, 0.5) is 0 Å². The van der Waals surface area contributed by atoms with Crippen molar-refractivity contribution in [2.45, 2.75) is 63.8 Å². The Morgan fingerprint density at radius 2 is 2.05 bits per heavy atom. The van der Waals surface area contributed by atoms with E-state index in [2.05, 4.69) is 32.7 Å². The van der Waals surface area contributed by atoms with E-state index in [0.717, 1.165) is 6.04 Å². The predicted octanol–water partition coefficient (Wildman–Crippen LogP) is 5.15. The van der Waals surface area contributed by atoms with Crippen molar-refractivity contribution in [1.82, 2.24) is 5.32 Å². The van der Waals surface area contributed by atoms with Gasteiger partial charge in [-0.1, -0.05) is 12.8 Å². The molecule has 0 aromatic carbocycles. The van der Waals surface area contributed by atoms with Crippen LogP contribution < -0.4 is 5.32 Å². The van der Waals surface area contributed by atoms with Gasteiger partial charge in [0.1, 0.15) is 0 Å². The molecule has 0 saturated heterocycles. The van der Waals surface area contributed by atoms with E-state index in [1.54, 1.807) is 4.88 Å². The minimum absolute atomic E-state index is 0.644. The Morgan fingerprint density at radius 1 is 1.26 bits per heavy atom. The van der Waals surface area contributed by atoms with Gasteiger partial charge in [0.05, 0.1) is 0 Å². The van der Waals surface area contributed by atoms with Crippen molar-refractivity contribution in [2.75, 3.05) is 6.54 Å². The Bertz CT molecular complexity index is 405. The third kappa shape index (κ3) is 3.83. The van der Waals surface area contributed by atoms with E-state index >= 15 is 0 Å². The van der Waals surface area contributed by atoms with E-state index < -0.39 is 0 Å². The van der Waals surface area contributed by atoms with Gasteiger partial charge in [-0.25, -0.2) is 0 Å². The van der Waals surface area contributed by atoms with Gasteiger partial charge in [0.15, 0.2) is 0 Å². The molecule has 0 amide bonds. The average Bonchev–Trinajstić information content (AvgIpc) is 2.95. The van der Waals surface area contributed by atoms with Crippen molar-refractivity contribution in [1.29, 1.82) is 0 Å². The Kier molecular flexibility index (Phi) is 4.66. The molecule has 2 saturated carbocycles. The molecular weight excluding hydrogens is 318 g/mol. The molecule has 2 aliphatic carbocycles. The zero-order valence-corrected chi connectivity index (χ0v) is 14.0. The molecule has 1 N–H and O–H groups in total. The molecule has 1 nitrogen and oxygen atoms in total. The second-order valence-electron chi connectivity index (χ2n) is 6.38. The topological polar surface area (TPSA) is 12.0 Å². The average molecular weight is 342 g/mol. The molecule has 0 bridgehead atoms. The minimum atomic E-state index is 0.644. The molecule has 2 fully saturated rings. The van der Waals surface area contributed by atoms with Crippen LogP contribution in [0.15, 0.2) is 15.9 Å². The lowest BCUT2D eigenvalue weighted by Crippen LogP contribution is -2.26. The number of nitrogens with one attached hydrogen (secondary N) is 1. The molecule has 0 atom stereocenters. The van der Waals surface area contributed by atoms with Crippen LogP contribution in [-0.2, 0) is 6.42 Å². The summed E-state index contributed by atoms with van der Waals surface area (Å²) in [6.45, 7) is 1.25. The highest BCUT2D eigenvalue weighted by molar-refractivity contribution is 9.10. The molecule has 0 aliphatic heterocycles. The third-order valence-electron chi connectivity index (χ3n) is 4.90.